The summed E-state index contributed by atoms with van der Waals surface area (Å²) in [5.41, 5.74) is 1.05. The summed E-state index contributed by atoms with van der Waals surface area (Å²) in [6.45, 7) is 4.48. The second kappa shape index (κ2) is 6.51. The Morgan fingerprint density at radius 2 is 1.83 bits per heavy atom. The van der Waals surface area contributed by atoms with E-state index in [1.54, 1.807) is 4.90 Å². The van der Waals surface area contributed by atoms with Crippen LogP contribution in [0.4, 0.5) is 5.69 Å². The Kier molecular flexibility index (Phi) is 4.42. The minimum Gasteiger partial charge on any atom is -0.328 e. The summed E-state index contributed by atoms with van der Waals surface area (Å²) in [5.74, 6) is -0.0590. The first-order valence-electron chi connectivity index (χ1n) is 8.40. The monoisotopic (exact) mass is 325 g/mol. The van der Waals surface area contributed by atoms with Gasteiger partial charge in [-0.3, -0.25) is 9.59 Å². The molecule has 5 heteroatoms. The molecule has 1 aromatic carbocycles. The van der Waals surface area contributed by atoms with E-state index in [4.69, 9.17) is 0 Å². The van der Waals surface area contributed by atoms with E-state index in [1.807, 2.05) is 67.2 Å². The van der Waals surface area contributed by atoms with Gasteiger partial charge in [-0.15, -0.1) is 0 Å². The van der Waals surface area contributed by atoms with Crippen LogP contribution in [0.3, 0.4) is 0 Å². The molecular formula is C19H23N3O2. The molecular weight excluding hydrogens is 302 g/mol. The number of aromatic nitrogens is 1. The van der Waals surface area contributed by atoms with Crippen LogP contribution in [0.2, 0.25) is 0 Å². The smallest absolute Gasteiger partial charge is 0.250 e. The number of rotatable bonds is 5. The molecule has 1 aliphatic rings. The number of carbonyl (C=O) groups is 2. The predicted octanol–water partition coefficient (Wildman–Crippen LogP) is 3.21. The highest BCUT2D eigenvalue weighted by molar-refractivity contribution is 6.01. The first kappa shape index (κ1) is 16.3. The van der Waals surface area contributed by atoms with Gasteiger partial charge in [-0.1, -0.05) is 6.92 Å². The van der Waals surface area contributed by atoms with Crippen LogP contribution in [0, 0.1) is 0 Å². The normalized spacial score (nSPS) is 19.7. The highest BCUT2D eigenvalue weighted by Crippen LogP contribution is 2.32. The number of likely N-dealkylation sites (tertiary alicyclic amines) is 1. The Bertz CT molecular complexity index is 722. The van der Waals surface area contributed by atoms with Gasteiger partial charge in [0.05, 0.1) is 0 Å². The molecule has 1 saturated heterocycles. The summed E-state index contributed by atoms with van der Waals surface area (Å²) >= 11 is 0. The number of amides is 2. The maximum atomic E-state index is 12.6. The van der Waals surface area contributed by atoms with Crippen molar-refractivity contribution in [1.82, 2.24) is 9.47 Å². The van der Waals surface area contributed by atoms with Crippen molar-refractivity contribution in [3.8, 4) is 5.69 Å². The van der Waals surface area contributed by atoms with Crippen molar-refractivity contribution in [3.63, 3.8) is 0 Å². The molecule has 1 aromatic heterocycles. The summed E-state index contributed by atoms with van der Waals surface area (Å²) in [5, 5.41) is 2.94. The number of hydrogen-bond donors (Lipinski definition) is 1. The van der Waals surface area contributed by atoms with E-state index in [2.05, 4.69) is 5.32 Å². The molecule has 0 spiro atoms. The standard InChI is InChI=1S/C19H23N3O2/c1-3-6-17(23)22-14-11-19(22,2)18(24)20-15-7-9-16(10-8-15)21-12-4-5-13-21/h4-5,7-10,12-13H,3,6,11,14H2,1-2H3,(H,20,24). The first-order valence-corrected chi connectivity index (χ1v) is 8.40. The molecule has 2 amide bonds. The first-order chi connectivity index (χ1) is 11.5. The zero-order valence-electron chi connectivity index (χ0n) is 14.2. The average molecular weight is 325 g/mol. The van der Waals surface area contributed by atoms with Crippen LogP contribution in [0.25, 0.3) is 5.69 Å². The summed E-state index contributed by atoms with van der Waals surface area (Å²) < 4.78 is 2.00. The zero-order chi connectivity index (χ0) is 17.2. The summed E-state index contributed by atoms with van der Waals surface area (Å²) in [6.07, 6.45) is 5.94. The Labute approximate surface area is 142 Å². The topological polar surface area (TPSA) is 54.3 Å². The van der Waals surface area contributed by atoms with Gasteiger partial charge in [0.2, 0.25) is 11.8 Å². The van der Waals surface area contributed by atoms with E-state index in [9.17, 15) is 9.59 Å². The number of nitrogens with one attached hydrogen (secondary N) is 1. The van der Waals surface area contributed by atoms with Crippen molar-refractivity contribution >= 4 is 17.5 Å². The third-order valence-corrected chi connectivity index (χ3v) is 4.70. The fourth-order valence-corrected chi connectivity index (χ4v) is 3.03. The van der Waals surface area contributed by atoms with Gasteiger partial charge in [0.1, 0.15) is 5.54 Å². The molecule has 0 bridgehead atoms. The summed E-state index contributed by atoms with van der Waals surface area (Å²) in [4.78, 5) is 26.5. The Hall–Kier alpha value is -2.56. The minimum absolute atomic E-state index is 0.0596. The number of benzene rings is 1. The molecule has 24 heavy (non-hydrogen) atoms. The van der Waals surface area contributed by atoms with Gasteiger partial charge in [0, 0.05) is 36.7 Å². The second-order valence-electron chi connectivity index (χ2n) is 6.41. The number of anilines is 1. The Morgan fingerprint density at radius 1 is 1.17 bits per heavy atom. The van der Waals surface area contributed by atoms with Crippen LogP contribution in [0.15, 0.2) is 48.8 Å². The van der Waals surface area contributed by atoms with Crippen molar-refractivity contribution in [2.24, 2.45) is 0 Å². The van der Waals surface area contributed by atoms with Gasteiger partial charge in [-0.25, -0.2) is 0 Å². The zero-order valence-corrected chi connectivity index (χ0v) is 14.2. The lowest BCUT2D eigenvalue weighted by molar-refractivity contribution is -0.154. The van der Waals surface area contributed by atoms with Crippen molar-refractivity contribution < 1.29 is 9.59 Å². The van der Waals surface area contributed by atoms with Crippen LogP contribution in [-0.4, -0.2) is 33.4 Å². The average Bonchev–Trinajstić information content (AvgIpc) is 3.08. The molecule has 3 rings (SSSR count). The van der Waals surface area contributed by atoms with E-state index in [0.717, 1.165) is 17.8 Å². The van der Waals surface area contributed by atoms with Crippen LogP contribution in [0.1, 0.15) is 33.1 Å². The fraction of sp³-hybridized carbons (Fsp3) is 0.368. The van der Waals surface area contributed by atoms with Crippen LogP contribution < -0.4 is 5.32 Å². The number of carbonyl (C=O) groups excluding carboxylic acids is 2. The van der Waals surface area contributed by atoms with Crippen LogP contribution in [-0.2, 0) is 9.59 Å². The van der Waals surface area contributed by atoms with Crippen LogP contribution in [0.5, 0.6) is 0 Å². The second-order valence-corrected chi connectivity index (χ2v) is 6.41. The van der Waals surface area contributed by atoms with Crippen molar-refractivity contribution in [2.45, 2.75) is 38.6 Å². The SMILES string of the molecule is CCCC(=O)N1CCC1(C)C(=O)Nc1ccc(-n2cccc2)cc1. The van der Waals surface area contributed by atoms with Gasteiger partial charge in [-0.2, -0.15) is 0 Å². The molecule has 1 N–H and O–H groups in total. The van der Waals surface area contributed by atoms with Gasteiger partial charge in [-0.05, 0) is 56.2 Å². The van der Waals surface area contributed by atoms with Crippen molar-refractivity contribution in [1.29, 1.82) is 0 Å². The molecule has 126 valence electrons. The van der Waals surface area contributed by atoms with Crippen molar-refractivity contribution in [2.75, 3.05) is 11.9 Å². The molecule has 1 fully saturated rings. The largest absolute Gasteiger partial charge is 0.328 e. The Balaban J connectivity index is 1.67. The van der Waals surface area contributed by atoms with E-state index in [1.165, 1.54) is 0 Å². The molecule has 0 saturated carbocycles. The quantitative estimate of drug-likeness (QED) is 0.918. The minimum atomic E-state index is -0.731. The molecule has 1 unspecified atom stereocenters. The van der Waals surface area contributed by atoms with Crippen molar-refractivity contribution in [3.05, 3.63) is 48.8 Å². The van der Waals surface area contributed by atoms with Gasteiger partial charge < -0.3 is 14.8 Å². The van der Waals surface area contributed by atoms with Gasteiger partial charge in [0.15, 0.2) is 0 Å². The molecule has 5 nitrogen and oxygen atoms in total. The van der Waals surface area contributed by atoms with E-state index >= 15 is 0 Å². The molecule has 1 atom stereocenters. The Morgan fingerprint density at radius 3 is 2.38 bits per heavy atom. The molecule has 2 aromatic rings. The van der Waals surface area contributed by atoms with Gasteiger partial charge in [0.25, 0.3) is 0 Å². The third kappa shape index (κ3) is 2.94. The summed E-state index contributed by atoms with van der Waals surface area (Å²) in [7, 11) is 0. The number of nitrogens with zero attached hydrogens (tertiary/aromatic N) is 2. The lowest BCUT2D eigenvalue weighted by Crippen LogP contribution is -2.66. The summed E-state index contributed by atoms with van der Waals surface area (Å²) in [6, 6.07) is 11.6. The maximum absolute atomic E-state index is 12.6. The molecule has 0 aliphatic carbocycles. The van der Waals surface area contributed by atoms with Gasteiger partial charge >= 0.3 is 0 Å². The van der Waals surface area contributed by atoms with E-state index in [-0.39, 0.29) is 11.8 Å². The number of hydrogen-bond acceptors (Lipinski definition) is 2. The highest BCUT2D eigenvalue weighted by Gasteiger charge is 2.48. The highest BCUT2D eigenvalue weighted by atomic mass is 16.2. The molecule has 1 aliphatic heterocycles. The third-order valence-electron chi connectivity index (χ3n) is 4.70. The molecule has 0 radical (unpaired) electrons. The van der Waals surface area contributed by atoms with E-state index in [0.29, 0.717) is 19.4 Å². The predicted molar refractivity (Wildman–Crippen MR) is 94.0 cm³/mol. The lowest BCUT2D eigenvalue weighted by atomic mass is 9.85. The lowest BCUT2D eigenvalue weighted by Gasteiger charge is -2.49. The van der Waals surface area contributed by atoms with Crippen LogP contribution >= 0.6 is 0 Å². The fourth-order valence-electron chi connectivity index (χ4n) is 3.03. The molecule has 2 heterocycles. The maximum Gasteiger partial charge on any atom is 0.250 e. The van der Waals surface area contributed by atoms with E-state index < -0.39 is 5.54 Å².